The van der Waals surface area contributed by atoms with Crippen molar-refractivity contribution in [3.8, 4) is 11.5 Å². The molecule has 1 rings (SSSR count). The summed E-state index contributed by atoms with van der Waals surface area (Å²) < 4.78 is 12.6. The molecule has 280 valence electrons. The third-order valence-corrected chi connectivity index (χ3v) is 10.2. The van der Waals surface area contributed by atoms with Gasteiger partial charge in [-0.1, -0.05) is 222 Å². The summed E-state index contributed by atoms with van der Waals surface area (Å²) in [7, 11) is 0. The molecule has 1 aromatic carbocycles. The SMILES string of the molecule is CCCCCCCCCCCCCCCCCCOc1cc(Br)cc(OCCCCCCCCCCCCCCCCCC)c1[N+](=O)[O-]. The summed E-state index contributed by atoms with van der Waals surface area (Å²) in [5, 5.41) is 11.9. The van der Waals surface area contributed by atoms with Crippen molar-refractivity contribution >= 4 is 21.6 Å². The van der Waals surface area contributed by atoms with Gasteiger partial charge in [-0.3, -0.25) is 10.1 Å². The van der Waals surface area contributed by atoms with E-state index in [1.165, 1.54) is 180 Å². The fourth-order valence-corrected chi connectivity index (χ4v) is 7.03. The van der Waals surface area contributed by atoms with Crippen LogP contribution in [0.2, 0.25) is 0 Å². The van der Waals surface area contributed by atoms with Crippen LogP contribution in [-0.4, -0.2) is 18.1 Å². The monoisotopic (exact) mass is 737 g/mol. The number of unbranched alkanes of at least 4 members (excludes halogenated alkanes) is 30. The summed E-state index contributed by atoms with van der Waals surface area (Å²) in [4.78, 5) is 11.6. The van der Waals surface area contributed by atoms with E-state index in [0.29, 0.717) is 24.7 Å². The molecule has 0 heterocycles. The van der Waals surface area contributed by atoms with Crippen LogP contribution in [0.4, 0.5) is 5.69 Å². The normalized spacial score (nSPS) is 11.3. The second-order valence-electron chi connectivity index (χ2n) is 14.3. The highest BCUT2D eigenvalue weighted by Gasteiger charge is 2.24. The van der Waals surface area contributed by atoms with Gasteiger partial charge in [-0.2, -0.15) is 0 Å². The number of ether oxygens (including phenoxy) is 2. The lowest BCUT2D eigenvalue weighted by atomic mass is 10.0. The molecule has 1 aromatic rings. The van der Waals surface area contributed by atoms with Crippen LogP contribution in [0.3, 0.4) is 0 Å². The molecule has 0 radical (unpaired) electrons. The molecule has 0 fully saturated rings. The van der Waals surface area contributed by atoms with E-state index < -0.39 is 0 Å². The van der Waals surface area contributed by atoms with E-state index in [1.807, 2.05) is 0 Å². The van der Waals surface area contributed by atoms with Gasteiger partial charge in [-0.25, -0.2) is 0 Å². The summed E-state index contributed by atoms with van der Waals surface area (Å²) in [5.41, 5.74) is -0.0498. The maximum absolute atomic E-state index is 11.9. The van der Waals surface area contributed by atoms with Crippen LogP contribution in [0.1, 0.15) is 219 Å². The first-order valence-corrected chi connectivity index (χ1v) is 21.6. The quantitative estimate of drug-likeness (QED) is 0.0387. The number of benzene rings is 1. The minimum atomic E-state index is -0.363. The van der Waals surface area contributed by atoms with Crippen LogP contribution in [-0.2, 0) is 0 Å². The van der Waals surface area contributed by atoms with Gasteiger partial charge < -0.3 is 9.47 Å². The maximum Gasteiger partial charge on any atom is 0.352 e. The predicted molar refractivity (Wildman–Crippen MR) is 211 cm³/mol. The van der Waals surface area contributed by atoms with Gasteiger partial charge >= 0.3 is 5.69 Å². The maximum atomic E-state index is 11.9. The number of nitro benzene ring substituents is 1. The number of rotatable bonds is 37. The third-order valence-electron chi connectivity index (χ3n) is 9.70. The van der Waals surface area contributed by atoms with Crippen molar-refractivity contribution in [3.05, 3.63) is 26.7 Å². The van der Waals surface area contributed by atoms with Gasteiger partial charge in [0.15, 0.2) is 0 Å². The van der Waals surface area contributed by atoms with Gasteiger partial charge in [0.2, 0.25) is 11.5 Å². The van der Waals surface area contributed by atoms with E-state index in [-0.39, 0.29) is 10.6 Å². The average Bonchev–Trinajstić information content (AvgIpc) is 3.07. The first kappa shape index (κ1) is 44.7. The topological polar surface area (TPSA) is 61.6 Å². The number of nitro groups is 1. The number of nitrogens with zero attached hydrogens (tertiary/aromatic N) is 1. The van der Waals surface area contributed by atoms with Crippen molar-refractivity contribution in [2.24, 2.45) is 0 Å². The van der Waals surface area contributed by atoms with Gasteiger partial charge in [0.05, 0.1) is 18.1 Å². The van der Waals surface area contributed by atoms with Crippen LogP contribution in [0.5, 0.6) is 11.5 Å². The standard InChI is InChI=1S/C42H76BrNO4/c1-3-5-7-9-11-13-15-17-19-21-23-25-27-29-31-33-35-47-40-37-39(43)38-41(42(40)44(45)46)48-36-34-32-30-28-26-24-22-20-18-16-14-12-10-8-6-4-2/h37-38H,3-36H2,1-2H3. The number of hydrogen-bond donors (Lipinski definition) is 0. The van der Waals surface area contributed by atoms with Crippen LogP contribution < -0.4 is 9.47 Å². The van der Waals surface area contributed by atoms with Gasteiger partial charge in [0, 0.05) is 16.6 Å². The van der Waals surface area contributed by atoms with Crippen molar-refractivity contribution in [3.63, 3.8) is 0 Å². The Morgan fingerprint density at radius 1 is 0.458 bits per heavy atom. The lowest BCUT2D eigenvalue weighted by molar-refractivity contribution is -0.386. The highest BCUT2D eigenvalue weighted by molar-refractivity contribution is 9.10. The summed E-state index contributed by atoms with van der Waals surface area (Å²) >= 11 is 3.50. The van der Waals surface area contributed by atoms with Crippen LogP contribution in [0, 0.1) is 10.1 Å². The first-order valence-electron chi connectivity index (χ1n) is 20.8. The molecule has 6 heteroatoms. The molecule has 0 saturated heterocycles. The fraction of sp³-hybridized carbons (Fsp3) is 0.857. The van der Waals surface area contributed by atoms with Crippen molar-refractivity contribution in [2.75, 3.05) is 13.2 Å². The van der Waals surface area contributed by atoms with E-state index >= 15 is 0 Å². The summed E-state index contributed by atoms with van der Waals surface area (Å²) in [6.45, 7) is 5.55. The van der Waals surface area contributed by atoms with Crippen molar-refractivity contribution in [2.45, 2.75) is 219 Å². The van der Waals surface area contributed by atoms with E-state index in [0.717, 1.165) is 30.2 Å². The zero-order valence-electron chi connectivity index (χ0n) is 31.7. The minimum absolute atomic E-state index is 0.0498. The van der Waals surface area contributed by atoms with Crippen LogP contribution in [0.25, 0.3) is 0 Å². The molecule has 5 nitrogen and oxygen atoms in total. The zero-order valence-corrected chi connectivity index (χ0v) is 33.2. The van der Waals surface area contributed by atoms with Gasteiger partial charge in [-0.05, 0) is 12.8 Å². The number of hydrogen-bond acceptors (Lipinski definition) is 4. The van der Waals surface area contributed by atoms with Crippen LogP contribution >= 0.6 is 15.9 Å². The number of halogens is 1. The Morgan fingerprint density at radius 2 is 0.688 bits per heavy atom. The van der Waals surface area contributed by atoms with Crippen molar-refractivity contribution < 1.29 is 14.4 Å². The first-order chi connectivity index (χ1) is 23.6. The lowest BCUT2D eigenvalue weighted by Gasteiger charge is -2.12. The van der Waals surface area contributed by atoms with Gasteiger partial charge in [-0.15, -0.1) is 0 Å². The molecule has 0 amide bonds. The molecule has 0 aliphatic rings. The molecule has 0 N–H and O–H groups in total. The van der Waals surface area contributed by atoms with Crippen molar-refractivity contribution in [1.82, 2.24) is 0 Å². The molecule has 0 aliphatic carbocycles. The van der Waals surface area contributed by atoms with E-state index in [1.54, 1.807) is 12.1 Å². The molecule has 0 spiro atoms. The lowest BCUT2D eigenvalue weighted by Crippen LogP contribution is -2.05. The zero-order chi connectivity index (χ0) is 34.8. The molecule has 0 bridgehead atoms. The summed E-state index contributed by atoms with van der Waals surface area (Å²) in [5.74, 6) is 0.606. The Bertz CT molecular complexity index is 805. The van der Waals surface area contributed by atoms with E-state index in [9.17, 15) is 10.1 Å². The Labute approximate surface area is 305 Å². The second-order valence-corrected chi connectivity index (χ2v) is 15.2. The largest absolute Gasteiger partial charge is 0.487 e. The Balaban J connectivity index is 2.08. The molecule has 48 heavy (non-hydrogen) atoms. The van der Waals surface area contributed by atoms with Crippen LogP contribution in [0.15, 0.2) is 16.6 Å². The average molecular weight is 739 g/mol. The molecule has 0 saturated carbocycles. The third kappa shape index (κ3) is 26.6. The minimum Gasteiger partial charge on any atom is -0.487 e. The molecule has 0 aliphatic heterocycles. The summed E-state index contributed by atoms with van der Waals surface area (Å²) in [6, 6.07) is 3.40. The predicted octanol–water partition coefficient (Wildman–Crippen LogP) is 15.6. The van der Waals surface area contributed by atoms with E-state index in [2.05, 4.69) is 29.8 Å². The second kappa shape index (κ2) is 34.2. The summed E-state index contributed by atoms with van der Waals surface area (Å²) in [6.07, 6.45) is 42.3. The Morgan fingerprint density at radius 3 is 0.917 bits per heavy atom. The van der Waals surface area contributed by atoms with Gasteiger partial charge in [0.1, 0.15) is 0 Å². The smallest absolute Gasteiger partial charge is 0.352 e. The van der Waals surface area contributed by atoms with E-state index in [4.69, 9.17) is 9.47 Å². The molecule has 0 atom stereocenters. The van der Waals surface area contributed by atoms with Gasteiger partial charge in [0.25, 0.3) is 0 Å². The highest BCUT2D eigenvalue weighted by atomic mass is 79.9. The Hall–Kier alpha value is -1.30. The molecule has 0 aromatic heterocycles. The molecule has 0 unspecified atom stereocenters. The molecular formula is C42H76BrNO4. The van der Waals surface area contributed by atoms with Crippen molar-refractivity contribution in [1.29, 1.82) is 0 Å². The fourth-order valence-electron chi connectivity index (χ4n) is 6.61. The highest BCUT2D eigenvalue weighted by Crippen LogP contribution is 2.40. The molecular weight excluding hydrogens is 662 g/mol. The Kier molecular flexibility index (Phi) is 31.8.